The molecule has 2 atom stereocenters. The molecule has 3 aromatic heterocycles. The lowest BCUT2D eigenvalue weighted by molar-refractivity contribution is 0.107. The second-order valence-electron chi connectivity index (χ2n) is 12.9. The second kappa shape index (κ2) is 10.2. The van der Waals surface area contributed by atoms with Gasteiger partial charge in [-0.05, 0) is 68.7 Å². The zero-order valence-corrected chi connectivity index (χ0v) is 25.5. The predicted octanol–water partition coefficient (Wildman–Crippen LogP) is 4.82. The smallest absolute Gasteiger partial charge is 0.349 e. The summed E-state index contributed by atoms with van der Waals surface area (Å²) in [5.74, 6) is 0.697. The van der Waals surface area contributed by atoms with Gasteiger partial charge in [-0.1, -0.05) is 18.2 Å². The highest BCUT2D eigenvalue weighted by Gasteiger charge is 2.47. The van der Waals surface area contributed by atoms with Crippen molar-refractivity contribution in [3.05, 3.63) is 52.3 Å². The SMILES string of the molecule is Cc1c(-c2cc(O)cc3ccc(F)c(-c4cn(C)nn4)c23)oc(=O)c2c(N3CCC3)nc(OC[C@@]34CCCN3C[C@H](C)C4)nc12. The van der Waals surface area contributed by atoms with E-state index in [2.05, 4.69) is 22.1 Å². The second-order valence-corrected chi connectivity index (χ2v) is 12.9. The van der Waals surface area contributed by atoms with Crippen molar-refractivity contribution in [2.75, 3.05) is 37.7 Å². The van der Waals surface area contributed by atoms with Crippen LogP contribution in [0.4, 0.5) is 10.2 Å². The van der Waals surface area contributed by atoms with Crippen LogP contribution in [0, 0.1) is 18.7 Å². The number of aromatic nitrogens is 5. The van der Waals surface area contributed by atoms with Gasteiger partial charge in [0, 0.05) is 48.8 Å². The van der Waals surface area contributed by atoms with Crippen molar-refractivity contribution in [1.82, 2.24) is 29.9 Å². The van der Waals surface area contributed by atoms with Gasteiger partial charge in [-0.3, -0.25) is 9.58 Å². The van der Waals surface area contributed by atoms with Crippen LogP contribution in [0.1, 0.15) is 38.2 Å². The lowest BCUT2D eigenvalue weighted by Gasteiger charge is -2.33. The molecule has 12 heteroatoms. The number of rotatable bonds is 6. The highest BCUT2D eigenvalue weighted by molar-refractivity contribution is 6.07. The largest absolute Gasteiger partial charge is 0.508 e. The first-order valence-corrected chi connectivity index (χ1v) is 15.5. The van der Waals surface area contributed by atoms with E-state index in [9.17, 15) is 9.90 Å². The number of aromatic hydroxyl groups is 1. The van der Waals surface area contributed by atoms with Crippen LogP contribution in [0.3, 0.4) is 0 Å². The van der Waals surface area contributed by atoms with E-state index in [0.29, 0.717) is 51.5 Å². The Morgan fingerprint density at radius 2 is 2.00 bits per heavy atom. The molecule has 0 bridgehead atoms. The van der Waals surface area contributed by atoms with Crippen molar-refractivity contribution in [1.29, 1.82) is 0 Å². The third-order valence-electron chi connectivity index (χ3n) is 9.75. The molecular weight excluding hydrogens is 577 g/mol. The molecule has 3 saturated heterocycles. The molecule has 0 aliphatic carbocycles. The number of hydrogen-bond acceptors (Lipinski definition) is 10. The van der Waals surface area contributed by atoms with E-state index in [1.165, 1.54) is 16.8 Å². The molecule has 6 heterocycles. The van der Waals surface area contributed by atoms with Gasteiger partial charge >= 0.3 is 11.6 Å². The number of anilines is 1. The molecular formula is C33H34FN7O4. The van der Waals surface area contributed by atoms with Crippen molar-refractivity contribution < 1.29 is 18.7 Å². The molecule has 0 amide bonds. The summed E-state index contributed by atoms with van der Waals surface area (Å²) < 4.78 is 29.5. The Bertz CT molecular complexity index is 2060. The minimum Gasteiger partial charge on any atom is -0.508 e. The van der Waals surface area contributed by atoms with E-state index in [0.717, 1.165) is 51.9 Å². The molecule has 3 aliphatic rings. The topological polar surface area (TPSA) is 123 Å². The zero-order valence-electron chi connectivity index (χ0n) is 25.5. The van der Waals surface area contributed by atoms with Crippen molar-refractivity contribution in [3.8, 4) is 34.3 Å². The summed E-state index contributed by atoms with van der Waals surface area (Å²) >= 11 is 0. The van der Waals surface area contributed by atoms with Gasteiger partial charge in [0.25, 0.3) is 0 Å². The van der Waals surface area contributed by atoms with Gasteiger partial charge in [0.1, 0.15) is 35.0 Å². The summed E-state index contributed by atoms with van der Waals surface area (Å²) in [7, 11) is 1.70. The number of fused-ring (bicyclic) bond motifs is 3. The summed E-state index contributed by atoms with van der Waals surface area (Å²) in [6.45, 7) is 8.24. The highest BCUT2D eigenvalue weighted by Crippen LogP contribution is 2.44. The molecule has 8 rings (SSSR count). The van der Waals surface area contributed by atoms with Crippen LogP contribution in [0.2, 0.25) is 0 Å². The maximum Gasteiger partial charge on any atom is 0.349 e. The fourth-order valence-corrected chi connectivity index (χ4v) is 7.63. The lowest BCUT2D eigenvalue weighted by Crippen LogP contribution is -2.43. The van der Waals surface area contributed by atoms with Crippen molar-refractivity contribution >= 4 is 27.5 Å². The van der Waals surface area contributed by atoms with Gasteiger partial charge in [0.2, 0.25) is 0 Å². The van der Waals surface area contributed by atoms with E-state index in [4.69, 9.17) is 19.1 Å². The van der Waals surface area contributed by atoms with Crippen molar-refractivity contribution in [2.45, 2.75) is 45.1 Å². The van der Waals surface area contributed by atoms with E-state index in [1.807, 2.05) is 11.8 Å². The number of benzene rings is 2. The summed E-state index contributed by atoms with van der Waals surface area (Å²) in [4.78, 5) is 28.0. The normalized spacial score (nSPS) is 21.5. The van der Waals surface area contributed by atoms with Crippen LogP contribution in [-0.2, 0) is 7.05 Å². The van der Waals surface area contributed by atoms with E-state index < -0.39 is 11.4 Å². The van der Waals surface area contributed by atoms with Crippen LogP contribution in [0.15, 0.2) is 39.7 Å². The van der Waals surface area contributed by atoms with Crippen LogP contribution in [0.25, 0.3) is 44.3 Å². The Hall–Kier alpha value is -4.58. The van der Waals surface area contributed by atoms with E-state index >= 15 is 4.39 Å². The average molecular weight is 612 g/mol. The molecule has 0 radical (unpaired) electrons. The fourth-order valence-electron chi connectivity index (χ4n) is 7.63. The van der Waals surface area contributed by atoms with Crippen molar-refractivity contribution in [2.24, 2.45) is 13.0 Å². The Morgan fingerprint density at radius 1 is 1.16 bits per heavy atom. The quantitative estimate of drug-likeness (QED) is 0.286. The number of ether oxygens (including phenoxy) is 1. The molecule has 2 aromatic carbocycles. The van der Waals surface area contributed by atoms with Crippen molar-refractivity contribution in [3.63, 3.8) is 0 Å². The third-order valence-corrected chi connectivity index (χ3v) is 9.75. The average Bonchev–Trinajstić information content (AvgIpc) is 3.66. The minimum absolute atomic E-state index is 0.0220. The Kier molecular flexibility index (Phi) is 6.35. The molecule has 0 saturated carbocycles. The standard InChI is InChI=1S/C33H34FN7O4/c1-18-14-33(8-4-11-41(33)15-18)17-44-32-35-28-19(2)29(45-31(43)27(28)30(36-32)40-9-5-10-40)22-13-21(42)12-20-6-7-23(34)26(25(20)22)24-16-39(3)38-37-24/h6-7,12-13,16,18,42H,4-5,8-11,14-15,17H2,1-3H3/t18-,33+/m1/s1. The van der Waals surface area contributed by atoms with E-state index in [1.54, 1.807) is 25.4 Å². The van der Waals surface area contributed by atoms with E-state index in [-0.39, 0.29) is 34.0 Å². The van der Waals surface area contributed by atoms with Gasteiger partial charge < -0.3 is 19.2 Å². The maximum atomic E-state index is 15.5. The molecule has 3 aliphatic heterocycles. The number of halogens is 1. The van der Waals surface area contributed by atoms with Gasteiger partial charge in [-0.15, -0.1) is 5.10 Å². The highest BCUT2D eigenvalue weighted by atomic mass is 19.1. The number of aryl methyl sites for hydroxylation is 2. The molecule has 232 valence electrons. The first-order chi connectivity index (χ1) is 21.7. The molecule has 0 unspecified atom stereocenters. The summed E-state index contributed by atoms with van der Waals surface area (Å²) in [6.07, 6.45) is 5.90. The Balaban J connectivity index is 1.32. The van der Waals surface area contributed by atoms with Gasteiger partial charge in [-0.25, -0.2) is 9.18 Å². The minimum atomic E-state index is -0.613. The van der Waals surface area contributed by atoms with Gasteiger partial charge in [0.05, 0.1) is 17.3 Å². The van der Waals surface area contributed by atoms with Crippen LogP contribution in [-0.4, -0.2) is 73.3 Å². The Labute approximate surface area is 258 Å². The first kappa shape index (κ1) is 27.9. The zero-order chi connectivity index (χ0) is 31.0. The predicted molar refractivity (Wildman–Crippen MR) is 167 cm³/mol. The number of phenolic OH excluding ortho intramolecular Hbond substituents is 1. The third kappa shape index (κ3) is 4.45. The monoisotopic (exact) mass is 611 g/mol. The number of nitrogens with zero attached hydrogens (tertiary/aromatic N) is 7. The Morgan fingerprint density at radius 3 is 2.76 bits per heavy atom. The molecule has 5 aromatic rings. The summed E-state index contributed by atoms with van der Waals surface area (Å²) in [5, 5.41) is 20.2. The number of phenols is 1. The van der Waals surface area contributed by atoms with Gasteiger partial charge in [-0.2, -0.15) is 9.97 Å². The molecule has 0 spiro atoms. The molecule has 3 fully saturated rings. The summed E-state index contributed by atoms with van der Waals surface area (Å²) in [6, 6.07) is 6.14. The van der Waals surface area contributed by atoms with Crippen LogP contribution >= 0.6 is 0 Å². The lowest BCUT2D eigenvalue weighted by atomic mass is 9.92. The maximum absolute atomic E-state index is 15.5. The fraction of sp³-hybridized carbons (Fsp3) is 0.424. The molecule has 45 heavy (non-hydrogen) atoms. The first-order valence-electron chi connectivity index (χ1n) is 15.5. The molecule has 11 nitrogen and oxygen atoms in total. The van der Waals surface area contributed by atoms with Crippen LogP contribution < -0.4 is 15.3 Å². The van der Waals surface area contributed by atoms with Gasteiger partial charge in [0.15, 0.2) is 5.82 Å². The molecule has 1 N–H and O–H groups in total. The number of hydrogen-bond donors (Lipinski definition) is 1. The van der Waals surface area contributed by atoms with Crippen LogP contribution in [0.5, 0.6) is 11.8 Å². The summed E-state index contributed by atoms with van der Waals surface area (Å²) in [5.41, 5.74) is 1.17.